The fourth-order valence-corrected chi connectivity index (χ4v) is 7.72. The van der Waals surface area contributed by atoms with Crippen LogP contribution >= 0.6 is 11.6 Å². The number of benzene rings is 3. The van der Waals surface area contributed by atoms with Gasteiger partial charge in [-0.1, -0.05) is 48.5 Å². The third-order valence-electron chi connectivity index (χ3n) is 7.79. The number of hydrogen-bond acceptors (Lipinski definition) is 5. The molecule has 40 heavy (non-hydrogen) atoms. The van der Waals surface area contributed by atoms with Crippen LogP contribution in [0.25, 0.3) is 11.1 Å². The van der Waals surface area contributed by atoms with Crippen LogP contribution < -0.4 is 10.1 Å². The molecule has 8 heteroatoms. The van der Waals surface area contributed by atoms with Crippen molar-refractivity contribution in [1.82, 2.24) is 10.3 Å². The van der Waals surface area contributed by atoms with E-state index >= 15 is 0 Å². The molecule has 3 unspecified atom stereocenters. The van der Waals surface area contributed by atoms with E-state index in [9.17, 15) is 12.8 Å². The average Bonchev–Trinajstić information content (AvgIpc) is 2.93. The summed E-state index contributed by atoms with van der Waals surface area (Å²) in [6.45, 7) is 0.766. The van der Waals surface area contributed by atoms with E-state index in [4.69, 9.17) is 16.3 Å². The van der Waals surface area contributed by atoms with E-state index in [0.717, 1.165) is 46.5 Å². The van der Waals surface area contributed by atoms with Crippen LogP contribution in [0.5, 0.6) is 5.75 Å². The van der Waals surface area contributed by atoms with E-state index in [2.05, 4.69) is 16.4 Å². The zero-order valence-electron chi connectivity index (χ0n) is 21.9. The summed E-state index contributed by atoms with van der Waals surface area (Å²) < 4.78 is 45.8. The van der Waals surface area contributed by atoms with Gasteiger partial charge in [-0.3, -0.25) is 4.98 Å². The number of halogens is 2. The Labute approximate surface area is 239 Å². The van der Waals surface area contributed by atoms with Gasteiger partial charge in [0.25, 0.3) is 0 Å². The second kappa shape index (κ2) is 11.0. The van der Waals surface area contributed by atoms with Gasteiger partial charge in [-0.15, -0.1) is 11.6 Å². The lowest BCUT2D eigenvalue weighted by Crippen LogP contribution is -2.49. The fraction of sp³-hybridized carbons (Fsp3) is 0.281. The molecule has 1 N–H and O–H groups in total. The van der Waals surface area contributed by atoms with Crippen molar-refractivity contribution >= 4 is 21.4 Å². The molecule has 0 radical (unpaired) electrons. The lowest BCUT2D eigenvalue weighted by Gasteiger charge is -2.46. The first-order valence-corrected chi connectivity index (χ1v) is 15.7. The van der Waals surface area contributed by atoms with Crippen LogP contribution in [0.3, 0.4) is 0 Å². The molecule has 2 aliphatic heterocycles. The molecule has 1 fully saturated rings. The molecule has 3 atom stereocenters. The molecule has 0 saturated carbocycles. The number of alkyl halides is 1. The third kappa shape index (κ3) is 5.92. The molecular formula is C32H30ClFN2O3S. The Morgan fingerprint density at radius 2 is 1.77 bits per heavy atom. The largest absolute Gasteiger partial charge is 0.487 e. The molecule has 0 bridgehead atoms. The lowest BCUT2D eigenvalue weighted by molar-refractivity contribution is 0.000604. The molecule has 6 rings (SSSR count). The molecule has 5 nitrogen and oxygen atoms in total. The number of pyridine rings is 1. The topological polar surface area (TPSA) is 68.3 Å². The molecule has 2 aliphatic rings. The Morgan fingerprint density at radius 1 is 0.950 bits per heavy atom. The van der Waals surface area contributed by atoms with E-state index in [1.807, 2.05) is 42.5 Å². The highest BCUT2D eigenvalue weighted by molar-refractivity contribution is 7.89. The number of rotatable bonds is 6. The number of aromatic nitrogens is 1. The Kier molecular flexibility index (Phi) is 7.38. The normalized spacial score (nSPS) is 22.4. The zero-order chi connectivity index (χ0) is 27.7. The van der Waals surface area contributed by atoms with Crippen LogP contribution in [0.1, 0.15) is 53.1 Å². The van der Waals surface area contributed by atoms with Crippen molar-refractivity contribution in [2.75, 3.05) is 6.54 Å². The van der Waals surface area contributed by atoms with Gasteiger partial charge in [0.2, 0.25) is 0 Å². The maximum atomic E-state index is 13.9. The van der Waals surface area contributed by atoms with Gasteiger partial charge in [0, 0.05) is 30.6 Å². The Bertz CT molecular complexity index is 1620. The summed E-state index contributed by atoms with van der Waals surface area (Å²) in [4.78, 5) is 4.13. The van der Waals surface area contributed by atoms with Crippen LogP contribution in [0.4, 0.5) is 4.39 Å². The number of nitrogens with zero attached hydrogens (tertiary/aromatic N) is 1. The van der Waals surface area contributed by atoms with Crippen LogP contribution in [0, 0.1) is 5.82 Å². The van der Waals surface area contributed by atoms with Crippen molar-refractivity contribution in [3.8, 4) is 16.9 Å². The Hall–Kier alpha value is -3.26. The summed E-state index contributed by atoms with van der Waals surface area (Å²) in [6, 6.07) is 25.7. The molecule has 0 amide bonds. The number of nitrogens with one attached hydrogen (secondary N) is 1. The minimum atomic E-state index is -3.34. The maximum absolute atomic E-state index is 13.9. The summed E-state index contributed by atoms with van der Waals surface area (Å²) in [5.74, 6) is 0.417. The molecule has 206 valence electrons. The van der Waals surface area contributed by atoms with Crippen molar-refractivity contribution in [3.63, 3.8) is 0 Å². The van der Waals surface area contributed by atoms with Crippen LogP contribution in [-0.2, 0) is 21.3 Å². The van der Waals surface area contributed by atoms with Crippen LogP contribution in [0.15, 0.2) is 91.1 Å². The first kappa shape index (κ1) is 26.9. The highest BCUT2D eigenvalue weighted by Gasteiger charge is 2.44. The van der Waals surface area contributed by atoms with Gasteiger partial charge >= 0.3 is 0 Å². The quantitative estimate of drug-likeness (QED) is 0.252. The standard InChI is InChI=1S/C32H30ClFN2O3S/c33-29-18-32(13-15-36-30(19-32)25-4-3-5-26(34)16-25)39-31-12-11-24(17-28(29)31)23-9-7-22(8-10-23)20-40(37,38)21-27-6-1-2-14-35-27/h1-12,14,16-17,29-30,36H,13,15,18-21H2. The number of hydrogen-bond donors (Lipinski definition) is 1. The van der Waals surface area contributed by atoms with E-state index < -0.39 is 15.4 Å². The second-order valence-electron chi connectivity index (χ2n) is 10.8. The third-order valence-corrected chi connectivity index (χ3v) is 9.69. The summed E-state index contributed by atoms with van der Waals surface area (Å²) in [7, 11) is -3.34. The van der Waals surface area contributed by atoms with Gasteiger partial charge in [-0.05, 0) is 71.6 Å². The molecule has 3 heterocycles. The summed E-state index contributed by atoms with van der Waals surface area (Å²) >= 11 is 6.98. The number of sulfone groups is 1. The van der Waals surface area contributed by atoms with E-state index in [0.29, 0.717) is 18.5 Å². The first-order chi connectivity index (χ1) is 19.3. The number of fused-ring (bicyclic) bond motifs is 1. The second-order valence-corrected chi connectivity index (χ2v) is 13.4. The lowest BCUT2D eigenvalue weighted by atomic mass is 9.78. The number of ether oxygens (including phenoxy) is 1. The predicted molar refractivity (Wildman–Crippen MR) is 155 cm³/mol. The van der Waals surface area contributed by atoms with Gasteiger partial charge in [0.15, 0.2) is 9.84 Å². The van der Waals surface area contributed by atoms with E-state index in [1.54, 1.807) is 36.5 Å². The van der Waals surface area contributed by atoms with Crippen molar-refractivity contribution in [2.45, 2.75) is 47.8 Å². The van der Waals surface area contributed by atoms with Gasteiger partial charge in [-0.25, -0.2) is 12.8 Å². The maximum Gasteiger partial charge on any atom is 0.160 e. The first-order valence-electron chi connectivity index (χ1n) is 13.4. The van der Waals surface area contributed by atoms with Gasteiger partial charge in [0.1, 0.15) is 17.2 Å². The fourth-order valence-electron chi connectivity index (χ4n) is 5.84. The molecular weight excluding hydrogens is 547 g/mol. The monoisotopic (exact) mass is 576 g/mol. The molecule has 1 saturated heterocycles. The minimum Gasteiger partial charge on any atom is -0.487 e. The van der Waals surface area contributed by atoms with Crippen LogP contribution in [-0.4, -0.2) is 25.5 Å². The highest BCUT2D eigenvalue weighted by atomic mass is 35.5. The van der Waals surface area contributed by atoms with Gasteiger partial charge in [0.05, 0.1) is 22.6 Å². The highest BCUT2D eigenvalue weighted by Crippen LogP contribution is 2.49. The van der Waals surface area contributed by atoms with Gasteiger partial charge < -0.3 is 10.1 Å². The molecule has 1 spiro atoms. The van der Waals surface area contributed by atoms with Gasteiger partial charge in [-0.2, -0.15) is 0 Å². The summed E-state index contributed by atoms with van der Waals surface area (Å²) in [5, 5.41) is 3.29. The minimum absolute atomic E-state index is 0.000393. The van der Waals surface area contributed by atoms with Crippen LogP contribution in [0.2, 0.25) is 0 Å². The van der Waals surface area contributed by atoms with Crippen molar-refractivity contribution in [3.05, 3.63) is 119 Å². The Morgan fingerprint density at radius 3 is 2.55 bits per heavy atom. The zero-order valence-corrected chi connectivity index (χ0v) is 23.5. The van der Waals surface area contributed by atoms with E-state index in [1.165, 1.54) is 6.07 Å². The Balaban J connectivity index is 1.17. The number of piperidine rings is 1. The smallest absolute Gasteiger partial charge is 0.160 e. The van der Waals surface area contributed by atoms with Crippen molar-refractivity contribution in [1.29, 1.82) is 0 Å². The molecule has 4 aromatic rings. The summed E-state index contributed by atoms with van der Waals surface area (Å²) in [5.41, 5.74) is 4.71. The van der Waals surface area contributed by atoms with E-state index in [-0.39, 0.29) is 28.7 Å². The van der Waals surface area contributed by atoms with Crippen molar-refractivity contribution in [2.24, 2.45) is 0 Å². The summed E-state index contributed by atoms with van der Waals surface area (Å²) in [6.07, 6.45) is 3.82. The molecule has 0 aliphatic carbocycles. The average molecular weight is 577 g/mol. The van der Waals surface area contributed by atoms with Crippen molar-refractivity contribution < 1.29 is 17.5 Å². The molecule has 3 aromatic carbocycles. The SMILES string of the molecule is O=S(=O)(Cc1ccc(-c2ccc3c(c2)C(Cl)CC2(CCNC(c4cccc(F)c4)C2)O3)cc1)Cc1ccccn1. The molecule has 1 aromatic heterocycles. The predicted octanol–water partition coefficient (Wildman–Crippen LogP) is 6.93.